The maximum absolute atomic E-state index is 12.9. The number of carbonyl (C=O) groups excluding carboxylic acids is 4. The van der Waals surface area contributed by atoms with Crippen LogP contribution in [0.2, 0.25) is 0 Å². The van der Waals surface area contributed by atoms with Crippen LogP contribution in [0.4, 0.5) is 5.69 Å². The number of aliphatic imine (C=N–C) groups is 1. The number of amides is 3. The number of ether oxygens (including phenoxy) is 2. The first-order valence-corrected chi connectivity index (χ1v) is 12.0. The first-order valence-electron chi connectivity index (χ1n) is 12.0. The van der Waals surface area contributed by atoms with Crippen LogP contribution in [0.1, 0.15) is 56.8 Å². The van der Waals surface area contributed by atoms with Crippen LogP contribution < -0.4 is 20.1 Å². The van der Waals surface area contributed by atoms with Crippen molar-refractivity contribution in [2.24, 2.45) is 10.9 Å². The van der Waals surface area contributed by atoms with Crippen molar-refractivity contribution in [3.05, 3.63) is 17.7 Å². The molecule has 0 saturated carbocycles. The van der Waals surface area contributed by atoms with E-state index in [1.807, 2.05) is 18.7 Å². The van der Waals surface area contributed by atoms with Gasteiger partial charge in [0.15, 0.2) is 11.5 Å². The van der Waals surface area contributed by atoms with Gasteiger partial charge in [-0.05, 0) is 25.8 Å². The van der Waals surface area contributed by atoms with Gasteiger partial charge in [0, 0.05) is 37.7 Å². The highest BCUT2D eigenvalue weighted by Crippen LogP contribution is 2.38. The first kappa shape index (κ1) is 26.2. The summed E-state index contributed by atoms with van der Waals surface area (Å²) in [5.41, 5.74) is 0.966. The van der Waals surface area contributed by atoms with E-state index in [0.29, 0.717) is 29.3 Å². The van der Waals surface area contributed by atoms with E-state index >= 15 is 0 Å². The summed E-state index contributed by atoms with van der Waals surface area (Å²) in [7, 11) is 1.49. The molecular formula is C25H34N4O6. The van der Waals surface area contributed by atoms with Crippen molar-refractivity contribution in [1.82, 2.24) is 15.5 Å². The molecule has 190 valence electrons. The molecule has 3 rings (SSSR count). The number of carbonyl (C=O) groups is 4. The van der Waals surface area contributed by atoms with Crippen LogP contribution >= 0.6 is 0 Å². The molecule has 2 atom stereocenters. The monoisotopic (exact) mass is 486 g/mol. The topological polar surface area (TPSA) is 126 Å². The molecule has 0 spiro atoms. The van der Waals surface area contributed by atoms with E-state index in [2.05, 4.69) is 15.6 Å². The number of fused-ring (bicyclic) bond motifs is 2. The summed E-state index contributed by atoms with van der Waals surface area (Å²) in [6, 6.07) is 2.54. The molecule has 35 heavy (non-hydrogen) atoms. The third kappa shape index (κ3) is 6.58. The number of hydrogen-bond acceptors (Lipinski definition) is 7. The minimum atomic E-state index is -0.742. The summed E-state index contributed by atoms with van der Waals surface area (Å²) in [6.45, 7) is 6.19. The molecule has 0 bridgehead atoms. The largest absolute Gasteiger partial charge is 0.493 e. The van der Waals surface area contributed by atoms with Gasteiger partial charge in [-0.2, -0.15) is 0 Å². The summed E-state index contributed by atoms with van der Waals surface area (Å²) in [5.74, 6) is -0.0275. The molecule has 1 aromatic carbocycles. The van der Waals surface area contributed by atoms with Gasteiger partial charge < -0.3 is 25.0 Å². The number of nitrogens with one attached hydrogen (secondary N) is 2. The lowest BCUT2D eigenvalue weighted by Crippen LogP contribution is -2.45. The van der Waals surface area contributed by atoms with Crippen molar-refractivity contribution in [3.63, 3.8) is 0 Å². The van der Waals surface area contributed by atoms with Gasteiger partial charge in [-0.25, -0.2) is 0 Å². The minimum absolute atomic E-state index is 0.00356. The summed E-state index contributed by atoms with van der Waals surface area (Å²) in [5, 5.41) is 5.28. The van der Waals surface area contributed by atoms with Gasteiger partial charge in [0.1, 0.15) is 11.8 Å². The number of rotatable bonds is 11. The highest BCUT2D eigenvalue weighted by atomic mass is 16.5. The SMILES string of the molecule is COc1cc2c(cc1OCCC(=O)NC(C)C(=O)NCCC(=O)C(C)C)N=CC1CCCN1C2=O. The summed E-state index contributed by atoms with van der Waals surface area (Å²) < 4.78 is 11.2. The van der Waals surface area contributed by atoms with E-state index in [1.165, 1.54) is 7.11 Å². The Balaban J connectivity index is 1.51. The van der Waals surface area contributed by atoms with Crippen LogP contribution in [-0.4, -0.2) is 73.5 Å². The summed E-state index contributed by atoms with van der Waals surface area (Å²) in [4.78, 5) is 55.3. The van der Waals surface area contributed by atoms with Crippen molar-refractivity contribution < 1.29 is 28.7 Å². The lowest BCUT2D eigenvalue weighted by molar-refractivity contribution is -0.129. The van der Waals surface area contributed by atoms with Gasteiger partial charge in [-0.15, -0.1) is 0 Å². The number of ketones is 1. The predicted octanol–water partition coefficient (Wildman–Crippen LogP) is 2.02. The molecule has 2 N–H and O–H groups in total. The summed E-state index contributed by atoms with van der Waals surface area (Å²) in [6.07, 6.45) is 3.92. The van der Waals surface area contributed by atoms with Gasteiger partial charge in [0.25, 0.3) is 5.91 Å². The molecule has 1 saturated heterocycles. The van der Waals surface area contributed by atoms with Crippen LogP contribution in [0.5, 0.6) is 11.5 Å². The highest BCUT2D eigenvalue weighted by molar-refractivity contribution is 6.03. The van der Waals surface area contributed by atoms with Gasteiger partial charge in [0.2, 0.25) is 11.8 Å². The standard InChI is InChI=1S/C25H34N4O6/c1-15(2)20(30)7-9-26-24(32)16(3)28-23(31)8-11-35-22-13-19-18(12-21(22)34-4)25(33)29-10-5-6-17(29)14-27-19/h12-17H,5-11H2,1-4H3,(H,26,32)(H,28,31). The number of nitrogens with zero attached hydrogens (tertiary/aromatic N) is 2. The van der Waals surface area contributed by atoms with Crippen molar-refractivity contribution in [1.29, 1.82) is 0 Å². The van der Waals surface area contributed by atoms with Gasteiger partial charge in [-0.3, -0.25) is 24.2 Å². The maximum Gasteiger partial charge on any atom is 0.256 e. The van der Waals surface area contributed by atoms with E-state index in [1.54, 1.807) is 25.3 Å². The van der Waals surface area contributed by atoms with Crippen LogP contribution in [0.3, 0.4) is 0 Å². The Morgan fingerprint density at radius 1 is 1.17 bits per heavy atom. The number of benzene rings is 1. The third-order valence-electron chi connectivity index (χ3n) is 6.13. The van der Waals surface area contributed by atoms with Crippen molar-refractivity contribution in [2.45, 2.75) is 58.5 Å². The molecular weight excluding hydrogens is 452 g/mol. The fourth-order valence-electron chi connectivity index (χ4n) is 4.00. The molecule has 10 nitrogen and oxygen atoms in total. The third-order valence-corrected chi connectivity index (χ3v) is 6.13. The second-order valence-electron chi connectivity index (χ2n) is 9.06. The lowest BCUT2D eigenvalue weighted by atomic mass is 10.1. The van der Waals surface area contributed by atoms with E-state index in [4.69, 9.17) is 9.47 Å². The van der Waals surface area contributed by atoms with Crippen LogP contribution in [0.15, 0.2) is 17.1 Å². The average Bonchev–Trinajstić information content (AvgIpc) is 3.26. The quantitative estimate of drug-likeness (QED) is 0.493. The Bertz CT molecular complexity index is 1010. The molecule has 2 unspecified atom stereocenters. The molecule has 0 aliphatic carbocycles. The Morgan fingerprint density at radius 2 is 1.94 bits per heavy atom. The average molecular weight is 487 g/mol. The van der Waals surface area contributed by atoms with Gasteiger partial charge in [0.05, 0.1) is 37.4 Å². The Kier molecular flexibility index (Phi) is 8.84. The highest BCUT2D eigenvalue weighted by Gasteiger charge is 2.32. The van der Waals surface area contributed by atoms with E-state index in [9.17, 15) is 19.2 Å². The van der Waals surface area contributed by atoms with Crippen molar-refractivity contribution in [2.75, 3.05) is 26.8 Å². The molecule has 0 radical (unpaired) electrons. The minimum Gasteiger partial charge on any atom is -0.493 e. The first-order chi connectivity index (χ1) is 16.7. The van der Waals surface area contributed by atoms with Crippen LogP contribution in [0, 0.1) is 5.92 Å². The van der Waals surface area contributed by atoms with Gasteiger partial charge >= 0.3 is 0 Å². The molecule has 0 aromatic heterocycles. The maximum atomic E-state index is 12.9. The zero-order valence-electron chi connectivity index (χ0n) is 20.8. The van der Waals surface area contributed by atoms with Crippen molar-refractivity contribution >= 4 is 35.4 Å². The molecule has 3 amide bonds. The zero-order valence-corrected chi connectivity index (χ0v) is 20.8. The fraction of sp³-hybridized carbons (Fsp3) is 0.560. The van der Waals surface area contributed by atoms with E-state index < -0.39 is 6.04 Å². The fourth-order valence-corrected chi connectivity index (χ4v) is 4.00. The molecule has 10 heteroatoms. The van der Waals surface area contributed by atoms with Gasteiger partial charge in [-0.1, -0.05) is 13.8 Å². The van der Waals surface area contributed by atoms with E-state index in [0.717, 1.165) is 12.8 Å². The molecule has 2 heterocycles. The summed E-state index contributed by atoms with van der Waals surface area (Å²) >= 11 is 0. The van der Waals surface area contributed by atoms with E-state index in [-0.39, 0.29) is 61.5 Å². The molecule has 2 aliphatic rings. The van der Waals surface area contributed by atoms with Crippen molar-refractivity contribution in [3.8, 4) is 11.5 Å². The van der Waals surface area contributed by atoms with Crippen LogP contribution in [0.25, 0.3) is 0 Å². The van der Waals surface area contributed by atoms with Crippen LogP contribution in [-0.2, 0) is 14.4 Å². The second kappa shape index (κ2) is 11.8. The lowest BCUT2D eigenvalue weighted by Gasteiger charge is -2.20. The number of Topliss-reactive ketones (excluding diaryl/α,β-unsaturated/α-hetero) is 1. The smallest absolute Gasteiger partial charge is 0.256 e. The Labute approximate surface area is 205 Å². The zero-order chi connectivity index (χ0) is 25.5. The predicted molar refractivity (Wildman–Crippen MR) is 130 cm³/mol. The molecule has 1 aromatic rings. The number of hydrogen-bond donors (Lipinski definition) is 2. The number of methoxy groups -OCH3 is 1. The Hall–Kier alpha value is -3.43. The molecule has 2 aliphatic heterocycles. The Morgan fingerprint density at radius 3 is 2.66 bits per heavy atom. The second-order valence-corrected chi connectivity index (χ2v) is 9.06. The normalized spacial score (nSPS) is 17.3. The molecule has 1 fully saturated rings.